The Morgan fingerprint density at radius 2 is 2.00 bits per heavy atom. The summed E-state index contributed by atoms with van der Waals surface area (Å²) in [6.07, 6.45) is 1.68. The number of tetrazole rings is 1. The van der Waals surface area contributed by atoms with Crippen LogP contribution in [-0.2, 0) is 6.54 Å². The van der Waals surface area contributed by atoms with E-state index in [-0.39, 0.29) is 6.04 Å². The van der Waals surface area contributed by atoms with Crippen molar-refractivity contribution in [2.75, 3.05) is 32.7 Å². The van der Waals surface area contributed by atoms with Gasteiger partial charge in [-0.1, -0.05) is 20.8 Å². The second-order valence-corrected chi connectivity index (χ2v) is 6.43. The Balaban J connectivity index is 1.78. The van der Waals surface area contributed by atoms with Gasteiger partial charge in [0, 0.05) is 26.2 Å². The minimum atomic E-state index is 0.235. The molecular weight excluding hydrogens is 292 g/mol. The van der Waals surface area contributed by atoms with Crippen LogP contribution in [0.5, 0.6) is 0 Å². The van der Waals surface area contributed by atoms with E-state index in [4.69, 9.17) is 4.42 Å². The molecule has 1 aliphatic rings. The highest BCUT2D eigenvalue weighted by Crippen LogP contribution is 2.28. The maximum Gasteiger partial charge on any atom is 0.169 e. The molecule has 2 aromatic heterocycles. The SMILES string of the molecule is CCN1CCN(C(c2nnnn2Cc2ccco2)C(C)C)CC1. The maximum absolute atomic E-state index is 5.44. The molecule has 3 rings (SSSR count). The van der Waals surface area contributed by atoms with Crippen molar-refractivity contribution in [2.45, 2.75) is 33.4 Å². The number of furan rings is 1. The molecule has 1 saturated heterocycles. The predicted molar refractivity (Wildman–Crippen MR) is 86.9 cm³/mol. The Kier molecular flexibility index (Phi) is 5.07. The molecule has 7 nitrogen and oxygen atoms in total. The Labute approximate surface area is 137 Å². The molecule has 0 aliphatic carbocycles. The molecule has 126 valence electrons. The maximum atomic E-state index is 5.44. The van der Waals surface area contributed by atoms with Gasteiger partial charge in [-0.3, -0.25) is 4.90 Å². The molecule has 1 unspecified atom stereocenters. The van der Waals surface area contributed by atoms with Crippen LogP contribution in [0.15, 0.2) is 22.8 Å². The highest BCUT2D eigenvalue weighted by atomic mass is 16.3. The molecule has 1 fully saturated rings. The zero-order valence-corrected chi connectivity index (χ0v) is 14.2. The molecule has 0 spiro atoms. The number of aromatic nitrogens is 4. The van der Waals surface area contributed by atoms with E-state index < -0.39 is 0 Å². The molecule has 1 aliphatic heterocycles. The average molecular weight is 318 g/mol. The standard InChI is InChI=1S/C16H26N6O/c1-4-20-7-9-21(10-8-20)15(13(2)3)16-17-18-19-22(16)12-14-6-5-11-23-14/h5-6,11,13,15H,4,7-10,12H2,1-3H3. The van der Waals surface area contributed by atoms with Gasteiger partial charge in [0.2, 0.25) is 0 Å². The summed E-state index contributed by atoms with van der Waals surface area (Å²) in [6.45, 7) is 12.7. The normalized spacial score (nSPS) is 18.6. The van der Waals surface area contributed by atoms with E-state index in [2.05, 4.69) is 46.1 Å². The third-order valence-corrected chi connectivity index (χ3v) is 4.59. The molecule has 7 heteroatoms. The largest absolute Gasteiger partial charge is 0.467 e. The van der Waals surface area contributed by atoms with Crippen LogP contribution in [0.4, 0.5) is 0 Å². The van der Waals surface area contributed by atoms with Crippen molar-refractivity contribution >= 4 is 0 Å². The van der Waals surface area contributed by atoms with Crippen molar-refractivity contribution in [3.8, 4) is 0 Å². The molecule has 0 amide bonds. The molecule has 0 bridgehead atoms. The van der Waals surface area contributed by atoms with Crippen molar-refractivity contribution < 1.29 is 4.42 Å². The molecule has 2 aromatic rings. The molecule has 0 aromatic carbocycles. The lowest BCUT2D eigenvalue weighted by Crippen LogP contribution is -2.48. The number of hydrogen-bond donors (Lipinski definition) is 0. The molecule has 3 heterocycles. The van der Waals surface area contributed by atoms with Crippen molar-refractivity contribution in [3.63, 3.8) is 0 Å². The van der Waals surface area contributed by atoms with Crippen LogP contribution in [0.3, 0.4) is 0 Å². The predicted octanol–water partition coefficient (Wildman–Crippen LogP) is 1.65. The van der Waals surface area contributed by atoms with Crippen LogP contribution in [0.1, 0.15) is 38.4 Å². The van der Waals surface area contributed by atoms with Gasteiger partial charge in [-0.05, 0) is 35.0 Å². The highest BCUT2D eigenvalue weighted by Gasteiger charge is 2.31. The Morgan fingerprint density at radius 1 is 1.22 bits per heavy atom. The third-order valence-electron chi connectivity index (χ3n) is 4.59. The lowest BCUT2D eigenvalue weighted by Gasteiger charge is -2.39. The first-order chi connectivity index (χ1) is 11.2. The van der Waals surface area contributed by atoms with Crippen molar-refractivity contribution in [1.82, 2.24) is 30.0 Å². The summed E-state index contributed by atoms with van der Waals surface area (Å²) in [5, 5.41) is 12.4. The number of hydrogen-bond acceptors (Lipinski definition) is 6. The summed E-state index contributed by atoms with van der Waals surface area (Å²) >= 11 is 0. The quantitative estimate of drug-likeness (QED) is 0.807. The van der Waals surface area contributed by atoms with Crippen LogP contribution >= 0.6 is 0 Å². The highest BCUT2D eigenvalue weighted by molar-refractivity contribution is 5.02. The number of likely N-dealkylation sites (N-methyl/N-ethyl adjacent to an activating group) is 1. The lowest BCUT2D eigenvalue weighted by molar-refractivity contribution is 0.0721. The molecule has 0 N–H and O–H groups in total. The van der Waals surface area contributed by atoms with E-state index in [1.807, 2.05) is 16.8 Å². The summed E-state index contributed by atoms with van der Waals surface area (Å²) in [5.41, 5.74) is 0. The Hall–Kier alpha value is -1.73. The molecule has 0 radical (unpaired) electrons. The second kappa shape index (κ2) is 7.23. The molecule has 23 heavy (non-hydrogen) atoms. The van der Waals surface area contributed by atoms with Crippen molar-refractivity contribution in [1.29, 1.82) is 0 Å². The van der Waals surface area contributed by atoms with Gasteiger partial charge in [0.25, 0.3) is 0 Å². The molecular formula is C16H26N6O. The monoisotopic (exact) mass is 318 g/mol. The summed E-state index contributed by atoms with van der Waals surface area (Å²) < 4.78 is 7.31. The smallest absolute Gasteiger partial charge is 0.169 e. The summed E-state index contributed by atoms with van der Waals surface area (Å²) in [5.74, 6) is 2.25. The first kappa shape index (κ1) is 16.1. The van der Waals surface area contributed by atoms with E-state index in [9.17, 15) is 0 Å². The van der Waals surface area contributed by atoms with Crippen molar-refractivity contribution in [2.24, 2.45) is 5.92 Å². The third kappa shape index (κ3) is 3.61. The van der Waals surface area contributed by atoms with Gasteiger partial charge in [-0.25, -0.2) is 4.68 Å². The van der Waals surface area contributed by atoms with Gasteiger partial charge in [0.1, 0.15) is 12.3 Å². The summed E-state index contributed by atoms with van der Waals surface area (Å²) in [7, 11) is 0. The van der Waals surface area contributed by atoms with Crippen molar-refractivity contribution in [3.05, 3.63) is 30.0 Å². The number of rotatable bonds is 6. The van der Waals surface area contributed by atoms with Crippen LogP contribution in [0.25, 0.3) is 0 Å². The molecule has 0 saturated carbocycles. The van der Waals surface area contributed by atoms with E-state index in [0.29, 0.717) is 12.5 Å². The van der Waals surface area contributed by atoms with Gasteiger partial charge in [0.15, 0.2) is 5.82 Å². The fourth-order valence-electron chi connectivity index (χ4n) is 3.33. The first-order valence-electron chi connectivity index (χ1n) is 8.44. The van der Waals surface area contributed by atoms with Crippen LogP contribution in [0, 0.1) is 5.92 Å². The number of nitrogens with zero attached hydrogens (tertiary/aromatic N) is 6. The fourth-order valence-corrected chi connectivity index (χ4v) is 3.33. The van der Waals surface area contributed by atoms with E-state index in [0.717, 1.165) is 44.3 Å². The van der Waals surface area contributed by atoms with Gasteiger partial charge < -0.3 is 9.32 Å². The number of piperazine rings is 1. The lowest BCUT2D eigenvalue weighted by atomic mass is 10.0. The second-order valence-electron chi connectivity index (χ2n) is 6.43. The van der Waals surface area contributed by atoms with E-state index >= 15 is 0 Å². The minimum absolute atomic E-state index is 0.235. The van der Waals surface area contributed by atoms with Crippen LogP contribution in [0.2, 0.25) is 0 Å². The Bertz CT molecular complexity index is 585. The van der Waals surface area contributed by atoms with Crippen LogP contribution < -0.4 is 0 Å². The topological polar surface area (TPSA) is 63.2 Å². The minimum Gasteiger partial charge on any atom is -0.467 e. The van der Waals surface area contributed by atoms with E-state index in [1.165, 1.54) is 0 Å². The van der Waals surface area contributed by atoms with Crippen LogP contribution in [-0.4, -0.2) is 62.7 Å². The summed E-state index contributed by atoms with van der Waals surface area (Å²) in [6, 6.07) is 4.08. The molecule has 1 atom stereocenters. The van der Waals surface area contributed by atoms with Gasteiger partial charge in [-0.15, -0.1) is 5.10 Å². The zero-order valence-electron chi connectivity index (χ0n) is 14.2. The fraction of sp³-hybridized carbons (Fsp3) is 0.688. The van der Waals surface area contributed by atoms with Gasteiger partial charge >= 0.3 is 0 Å². The Morgan fingerprint density at radius 3 is 2.61 bits per heavy atom. The van der Waals surface area contributed by atoms with Gasteiger partial charge in [0.05, 0.1) is 12.3 Å². The van der Waals surface area contributed by atoms with Gasteiger partial charge in [-0.2, -0.15) is 0 Å². The first-order valence-corrected chi connectivity index (χ1v) is 8.44. The summed E-state index contributed by atoms with van der Waals surface area (Å²) in [4.78, 5) is 5.00. The average Bonchev–Trinajstić information content (AvgIpc) is 3.21. The zero-order chi connectivity index (χ0) is 16.2. The van der Waals surface area contributed by atoms with E-state index in [1.54, 1.807) is 6.26 Å².